The molecule has 0 fully saturated rings. The second-order valence-electron chi connectivity index (χ2n) is 5.52. The van der Waals surface area contributed by atoms with E-state index in [1.54, 1.807) is 23.5 Å². The minimum atomic E-state index is -0.301. The number of nitrogens with two attached hydrogens (primary N) is 1. The molecule has 2 aromatic carbocycles. The molecule has 4 aromatic rings. The Morgan fingerprint density at radius 1 is 0.962 bits per heavy atom. The molecule has 6 heteroatoms. The van der Waals surface area contributed by atoms with Crippen LogP contribution < -0.4 is 5.73 Å². The second kappa shape index (κ2) is 7.19. The average Bonchev–Trinajstić information content (AvgIpc) is 3.32. The number of thiophene rings is 1. The van der Waals surface area contributed by atoms with Crippen molar-refractivity contribution in [3.63, 3.8) is 0 Å². The highest BCUT2D eigenvalue weighted by molar-refractivity contribution is 7.20. The highest BCUT2D eigenvalue weighted by Crippen LogP contribution is 2.41. The molecule has 26 heavy (non-hydrogen) atoms. The van der Waals surface area contributed by atoms with Gasteiger partial charge in [-0.2, -0.15) is 0 Å². The summed E-state index contributed by atoms with van der Waals surface area (Å²) in [6.07, 6.45) is 0. The largest absolute Gasteiger partial charge is 0.383 e. The Bertz CT molecular complexity index is 1040. The van der Waals surface area contributed by atoms with Gasteiger partial charge in [0.15, 0.2) is 0 Å². The van der Waals surface area contributed by atoms with Crippen LogP contribution in [0.4, 0.5) is 9.39 Å². The monoisotopic (exact) mass is 379 g/mol. The third kappa shape index (κ3) is 3.42. The topological polar surface area (TPSA) is 51.3 Å². The van der Waals surface area contributed by atoms with Crippen LogP contribution in [0.2, 0.25) is 0 Å². The summed E-state index contributed by atoms with van der Waals surface area (Å²) >= 11 is 3.10. The first-order valence-corrected chi connectivity index (χ1v) is 9.60. The van der Waals surface area contributed by atoms with Crippen LogP contribution in [0.1, 0.15) is 5.56 Å². The minimum absolute atomic E-state index is 0.301. The number of rotatable bonds is 4. The fourth-order valence-corrected chi connectivity index (χ4v) is 4.21. The molecule has 0 spiro atoms. The SMILES string of the molecule is N/C(=N\c1sc(-c2ccccc2)nc1-c1cccs1)c1ccc(F)cc1. The minimum Gasteiger partial charge on any atom is -0.383 e. The lowest BCUT2D eigenvalue weighted by molar-refractivity contribution is 0.628. The molecule has 2 heterocycles. The fraction of sp³-hybridized carbons (Fsp3) is 0. The maximum Gasteiger partial charge on any atom is 0.147 e. The van der Waals surface area contributed by atoms with Crippen LogP contribution in [0.5, 0.6) is 0 Å². The van der Waals surface area contributed by atoms with Gasteiger partial charge in [0, 0.05) is 11.1 Å². The number of benzene rings is 2. The van der Waals surface area contributed by atoms with E-state index < -0.39 is 0 Å². The van der Waals surface area contributed by atoms with E-state index in [2.05, 4.69) is 4.99 Å². The van der Waals surface area contributed by atoms with Gasteiger partial charge in [0.25, 0.3) is 0 Å². The molecular formula is C20H14FN3S2. The zero-order chi connectivity index (χ0) is 17.9. The molecular weight excluding hydrogens is 365 g/mol. The van der Waals surface area contributed by atoms with Crippen LogP contribution in [-0.2, 0) is 0 Å². The van der Waals surface area contributed by atoms with Gasteiger partial charge in [0.2, 0.25) is 0 Å². The van der Waals surface area contributed by atoms with Crippen molar-refractivity contribution in [2.75, 3.05) is 0 Å². The zero-order valence-corrected chi connectivity index (χ0v) is 15.2. The summed E-state index contributed by atoms with van der Waals surface area (Å²) in [6.45, 7) is 0. The number of nitrogens with zero attached hydrogens (tertiary/aromatic N) is 2. The van der Waals surface area contributed by atoms with Crippen LogP contribution in [0, 0.1) is 5.82 Å². The van der Waals surface area contributed by atoms with Crippen molar-refractivity contribution in [1.82, 2.24) is 4.98 Å². The van der Waals surface area contributed by atoms with Crippen LogP contribution in [0.3, 0.4) is 0 Å². The van der Waals surface area contributed by atoms with E-state index in [1.807, 2.05) is 47.8 Å². The third-order valence-electron chi connectivity index (χ3n) is 3.75. The molecule has 2 aromatic heterocycles. The molecule has 0 aliphatic heterocycles. The Hall–Kier alpha value is -2.83. The van der Waals surface area contributed by atoms with Crippen molar-refractivity contribution < 1.29 is 4.39 Å². The van der Waals surface area contributed by atoms with Crippen LogP contribution >= 0.6 is 22.7 Å². The van der Waals surface area contributed by atoms with Crippen molar-refractivity contribution in [3.8, 4) is 21.1 Å². The van der Waals surface area contributed by atoms with Crippen molar-refractivity contribution in [2.24, 2.45) is 10.7 Å². The fourth-order valence-electron chi connectivity index (χ4n) is 2.46. The van der Waals surface area contributed by atoms with Crippen molar-refractivity contribution in [3.05, 3.63) is 83.5 Å². The number of aromatic nitrogens is 1. The number of amidine groups is 1. The molecule has 0 radical (unpaired) electrons. The van der Waals surface area contributed by atoms with Gasteiger partial charge in [-0.1, -0.05) is 47.7 Å². The molecule has 3 nitrogen and oxygen atoms in total. The van der Waals surface area contributed by atoms with Crippen molar-refractivity contribution in [1.29, 1.82) is 0 Å². The summed E-state index contributed by atoms with van der Waals surface area (Å²) in [5.41, 5.74) is 8.69. The normalized spacial score (nSPS) is 11.7. The number of hydrogen-bond acceptors (Lipinski definition) is 4. The van der Waals surface area contributed by atoms with E-state index in [-0.39, 0.29) is 5.82 Å². The smallest absolute Gasteiger partial charge is 0.147 e. The number of hydrogen-bond donors (Lipinski definition) is 1. The molecule has 0 amide bonds. The van der Waals surface area contributed by atoms with E-state index in [0.717, 1.165) is 26.1 Å². The lowest BCUT2D eigenvalue weighted by atomic mass is 10.2. The standard InChI is InChI=1S/C20H14FN3S2/c21-15-10-8-13(9-11-15)18(22)24-20-17(16-7-4-12-25-16)23-19(26-20)14-5-2-1-3-6-14/h1-12H,(H2,22,24). The van der Waals surface area contributed by atoms with Crippen molar-refractivity contribution in [2.45, 2.75) is 0 Å². The summed E-state index contributed by atoms with van der Waals surface area (Å²) in [5, 5.41) is 3.64. The molecule has 0 saturated carbocycles. The highest BCUT2D eigenvalue weighted by atomic mass is 32.1. The molecule has 0 atom stereocenters. The van der Waals surface area contributed by atoms with Gasteiger partial charge in [0.1, 0.15) is 27.4 Å². The summed E-state index contributed by atoms with van der Waals surface area (Å²) in [6, 6.07) is 20.0. The van der Waals surface area contributed by atoms with Gasteiger partial charge < -0.3 is 5.73 Å². The second-order valence-corrected chi connectivity index (χ2v) is 7.45. The van der Waals surface area contributed by atoms with Gasteiger partial charge in [0.05, 0.1) is 4.88 Å². The van der Waals surface area contributed by atoms with Gasteiger partial charge in [-0.25, -0.2) is 14.4 Å². The molecule has 0 saturated heterocycles. The molecule has 128 valence electrons. The quantitative estimate of drug-likeness (QED) is 0.364. The Kier molecular flexibility index (Phi) is 4.60. The summed E-state index contributed by atoms with van der Waals surface area (Å²) in [4.78, 5) is 10.4. The Balaban J connectivity index is 1.80. The molecule has 0 aliphatic carbocycles. The first-order valence-electron chi connectivity index (χ1n) is 7.91. The predicted molar refractivity (Wildman–Crippen MR) is 108 cm³/mol. The summed E-state index contributed by atoms with van der Waals surface area (Å²) in [7, 11) is 0. The molecule has 4 rings (SSSR count). The summed E-state index contributed by atoms with van der Waals surface area (Å²) < 4.78 is 13.1. The molecule has 2 N–H and O–H groups in total. The van der Waals surface area contributed by atoms with Gasteiger partial charge in [-0.15, -0.1) is 11.3 Å². The molecule has 0 aliphatic rings. The number of aliphatic imine (C=N–C) groups is 1. The first kappa shape index (κ1) is 16.6. The van der Waals surface area contributed by atoms with Gasteiger partial charge >= 0.3 is 0 Å². The van der Waals surface area contributed by atoms with Crippen LogP contribution in [0.25, 0.3) is 21.1 Å². The van der Waals surface area contributed by atoms with E-state index >= 15 is 0 Å². The van der Waals surface area contributed by atoms with E-state index in [0.29, 0.717) is 11.4 Å². The number of thiazole rings is 1. The van der Waals surface area contributed by atoms with E-state index in [4.69, 9.17) is 10.7 Å². The Labute approximate surface area is 158 Å². The zero-order valence-electron chi connectivity index (χ0n) is 13.6. The highest BCUT2D eigenvalue weighted by Gasteiger charge is 2.15. The maximum atomic E-state index is 13.1. The van der Waals surface area contributed by atoms with Gasteiger partial charge in [-0.05, 0) is 35.7 Å². The lowest BCUT2D eigenvalue weighted by Crippen LogP contribution is -2.12. The molecule has 0 bridgehead atoms. The summed E-state index contributed by atoms with van der Waals surface area (Å²) in [5.74, 6) is 0.0380. The lowest BCUT2D eigenvalue weighted by Gasteiger charge is -2.00. The van der Waals surface area contributed by atoms with E-state index in [9.17, 15) is 4.39 Å². The first-order chi connectivity index (χ1) is 12.7. The van der Waals surface area contributed by atoms with E-state index in [1.165, 1.54) is 23.5 Å². The Morgan fingerprint density at radius 2 is 1.73 bits per heavy atom. The average molecular weight is 379 g/mol. The Morgan fingerprint density at radius 3 is 2.42 bits per heavy atom. The number of halogens is 1. The van der Waals surface area contributed by atoms with Crippen molar-refractivity contribution >= 4 is 33.5 Å². The van der Waals surface area contributed by atoms with Crippen LogP contribution in [0.15, 0.2) is 77.1 Å². The van der Waals surface area contributed by atoms with Gasteiger partial charge in [-0.3, -0.25) is 0 Å². The molecule has 0 unspecified atom stereocenters. The maximum absolute atomic E-state index is 13.1. The third-order valence-corrected chi connectivity index (χ3v) is 5.62. The van der Waals surface area contributed by atoms with Crippen LogP contribution in [-0.4, -0.2) is 10.8 Å². The predicted octanol–water partition coefficient (Wildman–Crippen LogP) is 5.71.